The Labute approximate surface area is 326 Å². The van der Waals surface area contributed by atoms with E-state index in [1.807, 2.05) is 0 Å². The lowest BCUT2D eigenvalue weighted by molar-refractivity contribution is 1.13. The van der Waals surface area contributed by atoms with Crippen LogP contribution in [0.3, 0.4) is 0 Å². The first kappa shape index (κ1) is 13.8. The van der Waals surface area contributed by atoms with Gasteiger partial charge in [0.15, 0.2) is 0 Å². The zero-order chi connectivity index (χ0) is 53.5. The highest BCUT2D eigenvalue weighted by molar-refractivity contribution is 6.16. The van der Waals surface area contributed by atoms with E-state index in [1.54, 1.807) is 0 Å². The molecule has 0 spiro atoms. The Morgan fingerprint density at radius 2 is 0.765 bits per heavy atom. The van der Waals surface area contributed by atoms with E-state index >= 15 is 0 Å². The maximum atomic E-state index is 10.0. The third-order valence-corrected chi connectivity index (χ3v) is 8.90. The van der Waals surface area contributed by atoms with Crippen molar-refractivity contribution >= 4 is 65.4 Å². The lowest BCUT2D eigenvalue weighted by Gasteiger charge is -2.14. The van der Waals surface area contributed by atoms with Crippen LogP contribution in [0.15, 0.2) is 188 Å². The monoisotopic (exact) mass is 672 g/mol. The lowest BCUT2D eigenvalue weighted by atomic mass is 10.0. The third kappa shape index (κ3) is 4.06. The minimum absolute atomic E-state index is 0.0320. The maximum Gasteiger partial charge on any atom is 0.0782 e. The van der Waals surface area contributed by atoms with Crippen molar-refractivity contribution in [1.82, 2.24) is 13.7 Å². The van der Waals surface area contributed by atoms with Gasteiger partial charge in [-0.05, 0) is 83.7 Å². The fraction of sp³-hybridized carbons (Fsp3) is 0. The van der Waals surface area contributed by atoms with Crippen LogP contribution in [0.1, 0.15) is 31.5 Å². The molecule has 0 fully saturated rings. The van der Waals surface area contributed by atoms with E-state index in [9.17, 15) is 15.1 Å². The van der Waals surface area contributed by atoms with Crippen molar-refractivity contribution in [2.24, 2.45) is 0 Å². The summed E-state index contributed by atoms with van der Waals surface area (Å²) in [7, 11) is 0. The van der Waals surface area contributed by atoms with Crippen molar-refractivity contribution in [3.05, 3.63) is 188 Å². The van der Waals surface area contributed by atoms with E-state index in [1.165, 1.54) is 57.7 Å². The highest BCUT2D eigenvalue weighted by Crippen LogP contribution is 2.41. The van der Waals surface area contributed by atoms with Gasteiger partial charge in [-0.15, -0.1) is 0 Å². The molecular weight excluding hydrogens is 619 g/mol. The molecule has 8 aromatic carbocycles. The van der Waals surface area contributed by atoms with Gasteiger partial charge in [-0.1, -0.05) is 115 Å². The highest BCUT2D eigenvalue weighted by Gasteiger charge is 2.20. The van der Waals surface area contributed by atoms with Crippen LogP contribution < -0.4 is 0 Å². The Morgan fingerprint density at radius 1 is 0.333 bits per heavy atom. The maximum absolute atomic E-state index is 10.0. The SMILES string of the molecule is [2H]c1ccc(-n2c3c([2H])c([2H])c([2H])c([2H])c3c3c([2H])c(-c4c([2H])c([2H])c5c(c4[2H])c4c([2H])c([2H])c([2H])c([2H])c4n5-c4c([2H])c([2H])c([2H])c5c6c([2H])c([2H])c([2H])c([2H])c6n(-c6ccc([2H])cc6)c45)c([2H])c([2H])c32)cc1. The average Bonchev–Trinajstić information content (AvgIpc) is 4.10. The largest absolute Gasteiger partial charge is 0.309 e. The first-order chi connectivity index (χ1) is 34.9. The molecule has 0 N–H and O–H groups in total. The molecule has 0 aliphatic carbocycles. The number of benzene rings is 8. The highest BCUT2D eigenvalue weighted by atomic mass is 15.1. The van der Waals surface area contributed by atoms with Crippen molar-refractivity contribution in [3.63, 3.8) is 0 Å². The van der Waals surface area contributed by atoms with E-state index in [0.29, 0.717) is 0 Å². The molecule has 0 unspecified atom stereocenters. The minimum Gasteiger partial charge on any atom is -0.309 e. The van der Waals surface area contributed by atoms with Gasteiger partial charge in [0, 0.05) is 43.7 Å². The summed E-state index contributed by atoms with van der Waals surface area (Å²) in [6.45, 7) is 0. The molecule has 3 heterocycles. The van der Waals surface area contributed by atoms with E-state index in [0.717, 1.165) is 4.57 Å². The van der Waals surface area contributed by atoms with Gasteiger partial charge in [-0.25, -0.2) is 0 Å². The molecule has 238 valence electrons. The molecule has 3 aromatic heterocycles. The van der Waals surface area contributed by atoms with Crippen LogP contribution >= 0.6 is 0 Å². The standard InChI is InChI=1S/C48H31N3/c1-3-14-34(15-4-1)49-42-22-10-8-19-37(42)40-30-32(26-28-45(40)49)33-27-29-46-41(31-33)38-20-9-12-24-44(38)51(46)47-25-13-21-39-36-18-7-11-23-43(36)50(48(39)47)35-16-5-2-6-17-35/h1-31H/i1D,2D,7D,8D,9D,10D,11D,12D,13D,18D,19D,20D,21D,22D,23D,24D,25D,26D,27D,28D,29D,30D,31D. The number of fused-ring (bicyclic) bond motifs is 9. The molecule has 51 heavy (non-hydrogen) atoms. The van der Waals surface area contributed by atoms with Gasteiger partial charge < -0.3 is 13.7 Å². The van der Waals surface area contributed by atoms with Crippen LogP contribution in [0.4, 0.5) is 0 Å². The van der Waals surface area contributed by atoms with Crippen molar-refractivity contribution < 1.29 is 31.5 Å². The van der Waals surface area contributed by atoms with Gasteiger partial charge in [0.1, 0.15) is 0 Å². The first-order valence-electron chi connectivity index (χ1n) is 27.2. The molecule has 0 aliphatic heterocycles. The van der Waals surface area contributed by atoms with E-state index < -0.39 is 166 Å². The predicted octanol–water partition coefficient (Wildman–Crippen LogP) is 12.6. The third-order valence-electron chi connectivity index (χ3n) is 8.90. The van der Waals surface area contributed by atoms with Gasteiger partial charge in [0.25, 0.3) is 0 Å². The molecule has 0 aliphatic rings. The fourth-order valence-electron chi connectivity index (χ4n) is 6.79. The van der Waals surface area contributed by atoms with Gasteiger partial charge in [0.05, 0.1) is 70.3 Å². The number of para-hydroxylation sites is 6. The zero-order valence-electron chi connectivity index (χ0n) is 49.0. The summed E-state index contributed by atoms with van der Waals surface area (Å²) in [5, 5.41) is -2.11. The second-order valence-electron chi connectivity index (χ2n) is 11.6. The molecule has 3 heteroatoms. The predicted molar refractivity (Wildman–Crippen MR) is 215 cm³/mol. The molecule has 3 nitrogen and oxygen atoms in total. The summed E-state index contributed by atoms with van der Waals surface area (Å²) in [4.78, 5) is 0. The molecule has 0 saturated carbocycles. The summed E-state index contributed by atoms with van der Waals surface area (Å²) in [6, 6.07) is -4.17. The Hall–Kier alpha value is -6.84. The average molecular weight is 673 g/mol. The minimum atomic E-state index is -0.906. The van der Waals surface area contributed by atoms with Crippen LogP contribution in [0.5, 0.6) is 0 Å². The molecule has 11 aromatic rings. The quantitative estimate of drug-likeness (QED) is 0.177. The van der Waals surface area contributed by atoms with Gasteiger partial charge in [-0.2, -0.15) is 0 Å². The fourth-order valence-corrected chi connectivity index (χ4v) is 6.79. The first-order valence-corrected chi connectivity index (χ1v) is 15.7. The normalized spacial score (nSPS) is 18.2. The second kappa shape index (κ2) is 10.8. The van der Waals surface area contributed by atoms with Crippen molar-refractivity contribution in [3.8, 4) is 28.2 Å². The van der Waals surface area contributed by atoms with Gasteiger partial charge >= 0.3 is 0 Å². The summed E-state index contributed by atoms with van der Waals surface area (Å²) in [5.74, 6) is 0. The number of hydrogen-bond acceptors (Lipinski definition) is 0. The number of hydrogen-bond donors (Lipinski definition) is 0. The van der Waals surface area contributed by atoms with E-state index in [-0.39, 0.29) is 67.1 Å². The summed E-state index contributed by atoms with van der Waals surface area (Å²) in [5.41, 5.74) is -3.47. The van der Waals surface area contributed by atoms with Crippen LogP contribution in [0.2, 0.25) is 0 Å². The second-order valence-corrected chi connectivity index (χ2v) is 11.6. The Morgan fingerprint density at radius 3 is 1.35 bits per heavy atom. The lowest BCUT2D eigenvalue weighted by Crippen LogP contribution is -2.00. The van der Waals surface area contributed by atoms with E-state index in [4.69, 9.17) is 16.4 Å². The smallest absolute Gasteiger partial charge is 0.0782 e. The molecule has 0 radical (unpaired) electrons. The van der Waals surface area contributed by atoms with Crippen LogP contribution in [0.25, 0.3) is 93.6 Å². The topological polar surface area (TPSA) is 14.8 Å². The van der Waals surface area contributed by atoms with Crippen LogP contribution in [-0.2, 0) is 0 Å². The van der Waals surface area contributed by atoms with Gasteiger partial charge in [0.2, 0.25) is 0 Å². The summed E-state index contributed by atoms with van der Waals surface area (Å²) in [6.07, 6.45) is 0. The zero-order valence-corrected chi connectivity index (χ0v) is 26.0. The Balaban J connectivity index is 1.38. The molecule has 0 bridgehead atoms. The van der Waals surface area contributed by atoms with E-state index in [2.05, 4.69) is 0 Å². The molecular formula is C48H31N3. The number of rotatable bonds is 4. The Kier molecular flexibility index (Phi) is 2.93. The van der Waals surface area contributed by atoms with Gasteiger partial charge in [-0.3, -0.25) is 0 Å². The van der Waals surface area contributed by atoms with Crippen molar-refractivity contribution in [2.75, 3.05) is 0 Å². The molecule has 11 rings (SSSR count). The Bertz CT molecular complexity index is 4440. The van der Waals surface area contributed by atoms with Crippen molar-refractivity contribution in [1.29, 1.82) is 0 Å². The number of nitrogens with zero attached hydrogens (tertiary/aromatic N) is 3. The number of aromatic nitrogens is 3. The molecule has 0 saturated heterocycles. The summed E-state index contributed by atoms with van der Waals surface area (Å²) < 4.78 is 213. The summed E-state index contributed by atoms with van der Waals surface area (Å²) >= 11 is 0. The van der Waals surface area contributed by atoms with Crippen molar-refractivity contribution in [2.45, 2.75) is 0 Å². The van der Waals surface area contributed by atoms with Crippen LogP contribution in [-0.4, -0.2) is 13.7 Å². The molecule has 0 amide bonds. The molecule has 0 atom stereocenters. The van der Waals surface area contributed by atoms with Crippen LogP contribution in [0, 0.1) is 0 Å².